The molecule has 1 saturated carbocycles. The van der Waals surface area contributed by atoms with Crippen LogP contribution in [0, 0.1) is 12.7 Å². The summed E-state index contributed by atoms with van der Waals surface area (Å²) >= 11 is 6.08. The van der Waals surface area contributed by atoms with E-state index in [1.54, 1.807) is 12.1 Å². The molecule has 0 aliphatic heterocycles. The van der Waals surface area contributed by atoms with Gasteiger partial charge in [0.25, 0.3) is 0 Å². The van der Waals surface area contributed by atoms with Crippen LogP contribution in [0.3, 0.4) is 0 Å². The Hall–Kier alpha value is -2.10. The SMILES string of the molecule is Cc1c(CNC2CCCCC2)cc(-c2ccc(Cl)cc2)n1-c1cccc(F)c1. The molecule has 4 rings (SSSR count). The first-order valence-corrected chi connectivity index (χ1v) is 10.5. The maximum Gasteiger partial charge on any atom is 0.125 e. The van der Waals surface area contributed by atoms with Crippen molar-refractivity contribution in [3.05, 3.63) is 76.7 Å². The summed E-state index contributed by atoms with van der Waals surface area (Å²) in [7, 11) is 0. The van der Waals surface area contributed by atoms with E-state index in [1.165, 1.54) is 43.7 Å². The molecule has 146 valence electrons. The third-order valence-corrected chi connectivity index (χ3v) is 6.00. The molecule has 4 heteroatoms. The number of aromatic nitrogens is 1. The Balaban J connectivity index is 1.71. The van der Waals surface area contributed by atoms with Crippen molar-refractivity contribution in [2.24, 2.45) is 0 Å². The molecule has 1 heterocycles. The largest absolute Gasteiger partial charge is 0.313 e. The van der Waals surface area contributed by atoms with Crippen LogP contribution in [0.25, 0.3) is 16.9 Å². The molecule has 1 aliphatic carbocycles. The minimum atomic E-state index is -0.227. The summed E-state index contributed by atoms with van der Waals surface area (Å²) in [5.74, 6) is -0.227. The monoisotopic (exact) mass is 396 g/mol. The fourth-order valence-corrected chi connectivity index (χ4v) is 4.31. The average molecular weight is 397 g/mol. The Labute approximate surface area is 171 Å². The van der Waals surface area contributed by atoms with Crippen LogP contribution < -0.4 is 5.32 Å². The van der Waals surface area contributed by atoms with Gasteiger partial charge >= 0.3 is 0 Å². The molecule has 0 bridgehead atoms. The fourth-order valence-electron chi connectivity index (χ4n) is 4.18. The highest BCUT2D eigenvalue weighted by molar-refractivity contribution is 6.30. The Kier molecular flexibility index (Phi) is 5.84. The lowest BCUT2D eigenvalue weighted by atomic mass is 9.95. The van der Waals surface area contributed by atoms with Gasteiger partial charge in [-0.1, -0.05) is 49.1 Å². The summed E-state index contributed by atoms with van der Waals surface area (Å²) in [6.45, 7) is 2.95. The predicted octanol–water partition coefficient (Wildman–Crippen LogP) is 6.67. The van der Waals surface area contributed by atoms with Crippen molar-refractivity contribution in [3.63, 3.8) is 0 Å². The van der Waals surface area contributed by atoms with Gasteiger partial charge in [0.1, 0.15) is 5.82 Å². The van der Waals surface area contributed by atoms with E-state index in [9.17, 15) is 4.39 Å². The van der Waals surface area contributed by atoms with Crippen LogP contribution >= 0.6 is 11.6 Å². The molecule has 0 amide bonds. The van der Waals surface area contributed by atoms with Gasteiger partial charge in [0.05, 0.1) is 5.69 Å². The minimum absolute atomic E-state index is 0.227. The molecule has 1 N–H and O–H groups in total. The molecule has 3 aromatic rings. The molecule has 0 atom stereocenters. The van der Waals surface area contributed by atoms with Crippen molar-refractivity contribution in [3.8, 4) is 16.9 Å². The standard InChI is InChI=1S/C24H26ClFN2/c1-17-19(16-27-22-7-3-2-4-8-22)14-24(18-10-12-20(25)13-11-18)28(17)23-9-5-6-21(26)15-23/h5-6,9-15,22,27H,2-4,7-8,16H2,1H3. The van der Waals surface area contributed by atoms with Gasteiger partial charge in [0.2, 0.25) is 0 Å². The van der Waals surface area contributed by atoms with Gasteiger partial charge in [0, 0.05) is 29.0 Å². The van der Waals surface area contributed by atoms with Crippen LogP contribution in [0.4, 0.5) is 4.39 Å². The summed E-state index contributed by atoms with van der Waals surface area (Å²) in [5.41, 5.74) is 5.35. The van der Waals surface area contributed by atoms with Crippen LogP contribution in [-0.2, 0) is 6.54 Å². The molecule has 0 saturated heterocycles. The van der Waals surface area contributed by atoms with Crippen molar-refractivity contribution in [2.75, 3.05) is 0 Å². The predicted molar refractivity (Wildman–Crippen MR) is 115 cm³/mol. The summed E-state index contributed by atoms with van der Waals surface area (Å²) in [6, 6.07) is 17.4. The highest BCUT2D eigenvalue weighted by atomic mass is 35.5. The lowest BCUT2D eigenvalue weighted by Gasteiger charge is -2.22. The zero-order chi connectivity index (χ0) is 19.5. The Bertz CT molecular complexity index is 940. The van der Waals surface area contributed by atoms with Crippen LogP contribution in [0.2, 0.25) is 5.02 Å². The first-order chi connectivity index (χ1) is 13.6. The van der Waals surface area contributed by atoms with E-state index in [-0.39, 0.29) is 5.82 Å². The Morgan fingerprint density at radius 3 is 2.50 bits per heavy atom. The van der Waals surface area contributed by atoms with Crippen molar-refractivity contribution in [1.82, 2.24) is 9.88 Å². The highest BCUT2D eigenvalue weighted by Crippen LogP contribution is 2.31. The third kappa shape index (κ3) is 4.16. The molecule has 0 spiro atoms. The molecule has 0 radical (unpaired) electrons. The first-order valence-electron chi connectivity index (χ1n) is 10.1. The van der Waals surface area contributed by atoms with E-state index in [0.717, 1.165) is 29.2 Å². The van der Waals surface area contributed by atoms with E-state index < -0.39 is 0 Å². The quantitative estimate of drug-likeness (QED) is 0.509. The lowest BCUT2D eigenvalue weighted by molar-refractivity contribution is 0.372. The first kappa shape index (κ1) is 19.2. The number of benzene rings is 2. The maximum atomic E-state index is 13.9. The van der Waals surface area contributed by atoms with Gasteiger partial charge in [-0.15, -0.1) is 0 Å². The summed E-state index contributed by atoms with van der Waals surface area (Å²) in [4.78, 5) is 0. The summed E-state index contributed by atoms with van der Waals surface area (Å²) < 4.78 is 16.1. The second-order valence-electron chi connectivity index (χ2n) is 7.68. The van der Waals surface area contributed by atoms with Gasteiger partial charge in [-0.3, -0.25) is 0 Å². The fraction of sp³-hybridized carbons (Fsp3) is 0.333. The van der Waals surface area contributed by atoms with Gasteiger partial charge < -0.3 is 9.88 Å². The Morgan fingerprint density at radius 1 is 1.04 bits per heavy atom. The average Bonchev–Trinajstić information content (AvgIpc) is 3.04. The Morgan fingerprint density at radius 2 is 1.79 bits per heavy atom. The molecule has 2 nitrogen and oxygen atoms in total. The van der Waals surface area contributed by atoms with E-state index in [0.29, 0.717) is 11.1 Å². The van der Waals surface area contributed by atoms with E-state index in [2.05, 4.69) is 22.9 Å². The van der Waals surface area contributed by atoms with E-state index in [1.807, 2.05) is 30.3 Å². The number of nitrogens with zero attached hydrogens (tertiary/aromatic N) is 1. The lowest BCUT2D eigenvalue weighted by Crippen LogP contribution is -2.30. The summed E-state index contributed by atoms with van der Waals surface area (Å²) in [6.07, 6.45) is 6.50. The topological polar surface area (TPSA) is 17.0 Å². The van der Waals surface area contributed by atoms with Gasteiger partial charge in [-0.25, -0.2) is 4.39 Å². The number of halogens is 2. The van der Waals surface area contributed by atoms with Gasteiger partial charge in [-0.2, -0.15) is 0 Å². The van der Waals surface area contributed by atoms with Crippen molar-refractivity contribution >= 4 is 11.6 Å². The van der Waals surface area contributed by atoms with E-state index in [4.69, 9.17) is 11.6 Å². The molecular formula is C24H26ClFN2. The van der Waals surface area contributed by atoms with Crippen molar-refractivity contribution < 1.29 is 4.39 Å². The van der Waals surface area contributed by atoms with Gasteiger partial charge in [-0.05, 0) is 67.3 Å². The number of hydrogen-bond acceptors (Lipinski definition) is 1. The van der Waals surface area contributed by atoms with Crippen LogP contribution in [-0.4, -0.2) is 10.6 Å². The minimum Gasteiger partial charge on any atom is -0.313 e. The van der Waals surface area contributed by atoms with Gasteiger partial charge in [0.15, 0.2) is 0 Å². The highest BCUT2D eigenvalue weighted by Gasteiger charge is 2.18. The molecule has 28 heavy (non-hydrogen) atoms. The van der Waals surface area contributed by atoms with Crippen molar-refractivity contribution in [1.29, 1.82) is 0 Å². The normalized spacial score (nSPS) is 15.1. The molecule has 1 aromatic heterocycles. The zero-order valence-corrected chi connectivity index (χ0v) is 17.0. The number of nitrogens with one attached hydrogen (secondary N) is 1. The second kappa shape index (κ2) is 8.50. The smallest absolute Gasteiger partial charge is 0.125 e. The van der Waals surface area contributed by atoms with Crippen LogP contribution in [0.5, 0.6) is 0 Å². The molecular weight excluding hydrogens is 371 g/mol. The van der Waals surface area contributed by atoms with E-state index >= 15 is 0 Å². The molecule has 1 aliphatic rings. The second-order valence-corrected chi connectivity index (χ2v) is 8.11. The number of rotatable bonds is 5. The zero-order valence-electron chi connectivity index (χ0n) is 16.2. The van der Waals surface area contributed by atoms with Crippen LogP contribution in [0.15, 0.2) is 54.6 Å². The maximum absolute atomic E-state index is 13.9. The van der Waals surface area contributed by atoms with Crippen LogP contribution in [0.1, 0.15) is 43.4 Å². The molecule has 1 fully saturated rings. The molecule has 0 unspecified atom stereocenters. The summed E-state index contributed by atoms with van der Waals surface area (Å²) in [5, 5.41) is 4.45. The molecule has 2 aromatic carbocycles. The third-order valence-electron chi connectivity index (χ3n) is 5.74. The number of hydrogen-bond donors (Lipinski definition) is 1. The van der Waals surface area contributed by atoms with Crippen molar-refractivity contribution in [2.45, 2.75) is 51.6 Å².